The van der Waals surface area contributed by atoms with Gasteiger partial charge in [0.2, 0.25) is 10.0 Å². The minimum atomic E-state index is -3.25. The number of benzene rings is 5. The quantitative estimate of drug-likeness (QED) is 0.188. The van der Waals surface area contributed by atoms with Crippen LogP contribution in [0.15, 0.2) is 120 Å². The number of rotatable bonds is 7. The van der Waals surface area contributed by atoms with Crippen LogP contribution in [0.25, 0.3) is 43.6 Å². The van der Waals surface area contributed by atoms with Crippen LogP contribution in [0.4, 0.5) is 11.4 Å². The minimum absolute atomic E-state index is 0.596. The Morgan fingerprint density at radius 1 is 0.591 bits per heavy atom. The van der Waals surface area contributed by atoms with Gasteiger partial charge in [-0.1, -0.05) is 54.6 Å². The molecule has 0 bridgehead atoms. The van der Waals surface area contributed by atoms with E-state index in [4.69, 9.17) is 0 Å². The van der Waals surface area contributed by atoms with E-state index in [-0.39, 0.29) is 0 Å². The van der Waals surface area contributed by atoms with Gasteiger partial charge in [0, 0.05) is 68.1 Å². The maximum absolute atomic E-state index is 12.5. The third kappa shape index (κ3) is 5.80. The highest BCUT2D eigenvalue weighted by atomic mass is 32.2. The SMILES string of the molecule is CCn1c2ccccc2c2cc(NS(=O)c3ccccc3)ccc21.CCn1c2ccccc2c2cc(NS(C)(=O)=O)ccc21. The number of hydrogen-bond acceptors (Lipinski definition) is 3. The Hall–Kier alpha value is -4.60. The second kappa shape index (κ2) is 12.2. The molecule has 0 amide bonds. The van der Waals surface area contributed by atoms with E-state index in [2.05, 4.69) is 81.0 Å². The number of nitrogens with one attached hydrogen (secondary N) is 2. The topological polar surface area (TPSA) is 85.1 Å². The van der Waals surface area contributed by atoms with Crippen LogP contribution in [0, 0.1) is 0 Å². The fourth-order valence-electron chi connectivity index (χ4n) is 5.84. The normalized spacial score (nSPS) is 12.3. The van der Waals surface area contributed by atoms with Gasteiger partial charge >= 0.3 is 0 Å². The van der Waals surface area contributed by atoms with Crippen LogP contribution in [-0.4, -0.2) is 28.0 Å². The number of para-hydroxylation sites is 2. The number of aromatic nitrogens is 2. The van der Waals surface area contributed by atoms with Gasteiger partial charge in [-0.2, -0.15) is 0 Å². The van der Waals surface area contributed by atoms with Gasteiger partial charge in [-0.3, -0.25) is 4.72 Å². The third-order valence-electron chi connectivity index (χ3n) is 7.65. The highest BCUT2D eigenvalue weighted by Gasteiger charge is 2.12. The summed E-state index contributed by atoms with van der Waals surface area (Å²) in [6, 6.07) is 37.9. The van der Waals surface area contributed by atoms with Crippen molar-refractivity contribution in [1.29, 1.82) is 0 Å². The first-order chi connectivity index (χ1) is 21.3. The molecule has 1 atom stereocenters. The molecule has 2 aromatic heterocycles. The average Bonchev–Trinajstić information content (AvgIpc) is 3.52. The van der Waals surface area contributed by atoms with Gasteiger partial charge in [-0.25, -0.2) is 12.6 Å². The molecule has 9 heteroatoms. The standard InChI is InChI=1S/C20H18N2OS.C15H16N2O2S/c1-2-22-19-11-7-6-10-17(19)18-14-15(12-13-20(18)22)21-24(23)16-8-4-3-5-9-16;1-3-17-14-7-5-4-6-12(14)13-10-11(8-9-15(13)17)16-20(2,18)19/h3-14,21H,2H2,1H3;4-10,16H,3H2,1-2H3. The van der Waals surface area contributed by atoms with Crippen LogP contribution in [0.5, 0.6) is 0 Å². The van der Waals surface area contributed by atoms with Crippen molar-refractivity contribution in [2.75, 3.05) is 15.7 Å². The molecule has 7 nitrogen and oxygen atoms in total. The lowest BCUT2D eigenvalue weighted by Gasteiger charge is -2.07. The number of sulfonamides is 1. The molecule has 5 aromatic carbocycles. The van der Waals surface area contributed by atoms with Crippen molar-refractivity contribution in [3.8, 4) is 0 Å². The minimum Gasteiger partial charge on any atom is -0.341 e. The molecule has 2 heterocycles. The molecule has 2 N–H and O–H groups in total. The molecule has 0 aliphatic rings. The second-order valence-corrected chi connectivity index (χ2v) is 13.5. The number of aryl methyl sites for hydroxylation is 2. The molecule has 0 saturated carbocycles. The van der Waals surface area contributed by atoms with Crippen molar-refractivity contribution < 1.29 is 12.6 Å². The van der Waals surface area contributed by atoms with E-state index in [0.29, 0.717) is 5.69 Å². The fraction of sp³-hybridized carbons (Fsp3) is 0.143. The Labute approximate surface area is 259 Å². The monoisotopic (exact) mass is 622 g/mol. The smallest absolute Gasteiger partial charge is 0.229 e. The first-order valence-electron chi connectivity index (χ1n) is 14.5. The Morgan fingerprint density at radius 2 is 1.05 bits per heavy atom. The van der Waals surface area contributed by atoms with Crippen LogP contribution < -0.4 is 9.44 Å². The van der Waals surface area contributed by atoms with E-state index >= 15 is 0 Å². The molecule has 1 unspecified atom stereocenters. The fourth-order valence-corrected chi connectivity index (χ4v) is 7.26. The van der Waals surface area contributed by atoms with Crippen molar-refractivity contribution in [3.63, 3.8) is 0 Å². The Kier molecular flexibility index (Phi) is 8.16. The van der Waals surface area contributed by atoms with Crippen LogP contribution in [0.3, 0.4) is 0 Å². The average molecular weight is 623 g/mol. The first-order valence-corrected chi connectivity index (χ1v) is 17.5. The number of anilines is 2. The predicted octanol–water partition coefficient (Wildman–Crippen LogP) is 8.14. The Balaban J connectivity index is 0.000000159. The van der Waals surface area contributed by atoms with Gasteiger partial charge in [0.1, 0.15) is 11.0 Å². The molecule has 7 rings (SSSR count). The van der Waals surface area contributed by atoms with Crippen molar-refractivity contribution in [1.82, 2.24) is 9.13 Å². The van der Waals surface area contributed by atoms with Crippen LogP contribution >= 0.6 is 0 Å². The molecule has 0 saturated heterocycles. The molecule has 7 aromatic rings. The molecule has 0 radical (unpaired) electrons. The summed E-state index contributed by atoms with van der Waals surface area (Å²) >= 11 is 0. The molecule has 0 spiro atoms. The maximum Gasteiger partial charge on any atom is 0.229 e. The zero-order valence-corrected chi connectivity index (χ0v) is 26.5. The molecule has 0 fully saturated rings. The summed E-state index contributed by atoms with van der Waals surface area (Å²) in [6.07, 6.45) is 1.16. The summed E-state index contributed by atoms with van der Waals surface area (Å²) in [7, 11) is -4.52. The van der Waals surface area contributed by atoms with Gasteiger partial charge in [-0.15, -0.1) is 0 Å². The summed E-state index contributed by atoms with van der Waals surface area (Å²) in [5.41, 5.74) is 6.18. The van der Waals surface area contributed by atoms with Crippen LogP contribution in [-0.2, 0) is 34.1 Å². The van der Waals surface area contributed by atoms with Gasteiger partial charge in [0.15, 0.2) is 0 Å². The van der Waals surface area contributed by atoms with Crippen molar-refractivity contribution in [2.45, 2.75) is 31.8 Å². The van der Waals surface area contributed by atoms with Gasteiger partial charge in [0.25, 0.3) is 0 Å². The lowest BCUT2D eigenvalue weighted by molar-refractivity contribution is 0.607. The van der Waals surface area contributed by atoms with Crippen molar-refractivity contribution in [2.24, 2.45) is 0 Å². The summed E-state index contributed by atoms with van der Waals surface area (Å²) in [5, 5.41) is 4.61. The number of hydrogen-bond donors (Lipinski definition) is 2. The Bertz CT molecular complexity index is 2250. The zero-order valence-electron chi connectivity index (χ0n) is 24.8. The number of fused-ring (bicyclic) bond motifs is 6. The van der Waals surface area contributed by atoms with Gasteiger partial charge in [-0.05, 0) is 74.5 Å². The Morgan fingerprint density at radius 3 is 1.57 bits per heavy atom. The zero-order chi connectivity index (χ0) is 30.8. The lowest BCUT2D eigenvalue weighted by atomic mass is 10.1. The molecule has 0 aliphatic heterocycles. The largest absolute Gasteiger partial charge is 0.341 e. The van der Waals surface area contributed by atoms with E-state index in [0.717, 1.165) is 46.2 Å². The molecule has 44 heavy (non-hydrogen) atoms. The van der Waals surface area contributed by atoms with Crippen LogP contribution in [0.2, 0.25) is 0 Å². The van der Waals surface area contributed by atoms with E-state index in [1.54, 1.807) is 6.07 Å². The molecule has 224 valence electrons. The molecule has 0 aliphatic carbocycles. The predicted molar refractivity (Wildman–Crippen MR) is 185 cm³/mol. The summed E-state index contributed by atoms with van der Waals surface area (Å²) in [5.74, 6) is 0. The van der Waals surface area contributed by atoms with Crippen molar-refractivity contribution in [3.05, 3.63) is 115 Å². The maximum atomic E-state index is 12.5. The molecular weight excluding hydrogens is 589 g/mol. The molecular formula is C35H34N4O3S2. The van der Waals surface area contributed by atoms with E-state index in [1.165, 1.54) is 27.3 Å². The summed E-state index contributed by atoms with van der Waals surface area (Å²) in [6.45, 7) is 6.06. The summed E-state index contributed by atoms with van der Waals surface area (Å²) < 4.78 is 45.3. The lowest BCUT2D eigenvalue weighted by Crippen LogP contribution is -2.09. The first kappa shape index (κ1) is 29.5. The number of nitrogens with zero attached hydrogens (tertiary/aromatic N) is 2. The third-order valence-corrected chi connectivity index (χ3v) is 9.38. The highest BCUT2D eigenvalue weighted by Crippen LogP contribution is 2.32. The van der Waals surface area contributed by atoms with Crippen molar-refractivity contribution >= 4 is 76.0 Å². The van der Waals surface area contributed by atoms with E-state index < -0.39 is 21.0 Å². The van der Waals surface area contributed by atoms with Crippen LogP contribution in [0.1, 0.15) is 13.8 Å². The second-order valence-electron chi connectivity index (χ2n) is 10.5. The summed E-state index contributed by atoms with van der Waals surface area (Å²) in [4.78, 5) is 0.772. The van der Waals surface area contributed by atoms with Gasteiger partial charge in [0.05, 0.1) is 11.2 Å². The highest BCUT2D eigenvalue weighted by molar-refractivity contribution is 7.92. The van der Waals surface area contributed by atoms with E-state index in [1.807, 2.05) is 60.7 Å². The van der Waals surface area contributed by atoms with E-state index in [9.17, 15) is 12.6 Å². The van der Waals surface area contributed by atoms with Gasteiger partial charge < -0.3 is 13.9 Å².